The Kier molecular flexibility index (Phi) is 4.19. The van der Waals surface area contributed by atoms with E-state index in [0.29, 0.717) is 12.1 Å². The number of fused-ring (bicyclic) bond motifs is 1. The molecule has 2 rings (SSSR count). The maximum absolute atomic E-state index is 6.06. The van der Waals surface area contributed by atoms with Gasteiger partial charge in [0.25, 0.3) is 0 Å². The third-order valence-electron chi connectivity index (χ3n) is 3.96. The number of piperazine rings is 1. The van der Waals surface area contributed by atoms with Crippen LogP contribution in [-0.4, -0.2) is 67.3 Å². The largest absolute Gasteiger partial charge is 0.378 e. The first-order valence-corrected chi connectivity index (χ1v) is 6.53. The Hall–Kier alpha value is -0.160. The fourth-order valence-electron chi connectivity index (χ4n) is 3.03. The molecule has 2 unspecified atom stereocenters. The summed E-state index contributed by atoms with van der Waals surface area (Å²) in [4.78, 5) is 5.12. The summed E-state index contributed by atoms with van der Waals surface area (Å²) in [5.74, 6) is 0. The average molecular weight is 227 g/mol. The molecule has 0 amide bonds. The van der Waals surface area contributed by atoms with E-state index in [1.54, 1.807) is 0 Å². The molecule has 2 fully saturated rings. The summed E-state index contributed by atoms with van der Waals surface area (Å²) in [6.07, 6.45) is 1.14. The van der Waals surface area contributed by atoms with Crippen molar-refractivity contribution in [2.45, 2.75) is 38.4 Å². The van der Waals surface area contributed by atoms with E-state index >= 15 is 0 Å². The molecule has 0 bridgehead atoms. The summed E-state index contributed by atoms with van der Waals surface area (Å²) in [5, 5.41) is 0. The Balaban J connectivity index is 1.93. The van der Waals surface area contributed by atoms with E-state index in [1.807, 2.05) is 0 Å². The lowest BCUT2D eigenvalue weighted by Gasteiger charge is -2.47. The molecular weight excluding hydrogens is 202 g/mol. The molecule has 16 heavy (non-hydrogen) atoms. The molecule has 94 valence electrons. The van der Waals surface area contributed by atoms with Crippen molar-refractivity contribution in [2.75, 3.05) is 39.4 Å². The maximum Gasteiger partial charge on any atom is 0.0634 e. The molecular formula is C12H25N3O. The summed E-state index contributed by atoms with van der Waals surface area (Å²) >= 11 is 0. The lowest BCUT2D eigenvalue weighted by Crippen LogP contribution is -2.61. The van der Waals surface area contributed by atoms with Crippen molar-refractivity contribution in [1.29, 1.82) is 0 Å². The van der Waals surface area contributed by atoms with E-state index in [-0.39, 0.29) is 6.04 Å². The standard InChI is InChI=1S/C12H25N3O/c1-3-12(10(2)13)15-5-4-14-6-7-16-9-11(14)8-15/h10-12H,3-9,13H2,1-2H3/t10?,11-,12?/m1/s1. The second-order valence-corrected chi connectivity index (χ2v) is 5.09. The third kappa shape index (κ3) is 2.56. The molecule has 2 heterocycles. The summed E-state index contributed by atoms with van der Waals surface area (Å²) < 4.78 is 5.56. The first kappa shape index (κ1) is 12.3. The average Bonchev–Trinajstić information content (AvgIpc) is 2.29. The molecule has 0 saturated carbocycles. The Morgan fingerprint density at radius 2 is 2.19 bits per heavy atom. The van der Waals surface area contributed by atoms with Crippen molar-refractivity contribution in [2.24, 2.45) is 5.73 Å². The van der Waals surface area contributed by atoms with Gasteiger partial charge >= 0.3 is 0 Å². The van der Waals surface area contributed by atoms with Gasteiger partial charge in [-0.25, -0.2) is 0 Å². The van der Waals surface area contributed by atoms with Gasteiger partial charge in [-0.15, -0.1) is 0 Å². The molecule has 0 radical (unpaired) electrons. The summed E-state index contributed by atoms with van der Waals surface area (Å²) in [6.45, 7) is 10.7. The van der Waals surface area contributed by atoms with Crippen molar-refractivity contribution in [1.82, 2.24) is 9.80 Å². The van der Waals surface area contributed by atoms with E-state index in [0.717, 1.165) is 39.3 Å². The molecule has 0 spiro atoms. The second-order valence-electron chi connectivity index (χ2n) is 5.09. The monoisotopic (exact) mass is 227 g/mol. The Labute approximate surface area is 98.7 Å². The van der Waals surface area contributed by atoms with Gasteiger partial charge in [0, 0.05) is 44.3 Å². The Morgan fingerprint density at radius 3 is 2.88 bits per heavy atom. The number of nitrogens with two attached hydrogens (primary N) is 1. The SMILES string of the molecule is CCC(C(C)N)N1CCN2CCOC[C@H]2C1. The highest BCUT2D eigenvalue weighted by Crippen LogP contribution is 2.18. The van der Waals surface area contributed by atoms with Crippen molar-refractivity contribution in [3.05, 3.63) is 0 Å². The van der Waals surface area contributed by atoms with Crippen molar-refractivity contribution in [3.63, 3.8) is 0 Å². The zero-order chi connectivity index (χ0) is 11.5. The quantitative estimate of drug-likeness (QED) is 0.744. The smallest absolute Gasteiger partial charge is 0.0634 e. The van der Waals surface area contributed by atoms with Crippen LogP contribution in [0, 0.1) is 0 Å². The minimum absolute atomic E-state index is 0.265. The highest BCUT2D eigenvalue weighted by molar-refractivity contribution is 4.89. The van der Waals surface area contributed by atoms with Gasteiger partial charge in [-0.1, -0.05) is 6.92 Å². The number of nitrogens with zero attached hydrogens (tertiary/aromatic N) is 2. The third-order valence-corrected chi connectivity index (χ3v) is 3.96. The number of morpholine rings is 1. The van der Waals surface area contributed by atoms with Crippen LogP contribution in [0.4, 0.5) is 0 Å². The molecule has 4 nitrogen and oxygen atoms in total. The fraction of sp³-hybridized carbons (Fsp3) is 1.00. The predicted octanol–water partition coefficient (Wildman–Crippen LogP) is 0.129. The normalized spacial score (nSPS) is 32.1. The van der Waals surface area contributed by atoms with Crippen LogP contribution in [-0.2, 0) is 4.74 Å². The van der Waals surface area contributed by atoms with Gasteiger partial charge in [0.05, 0.1) is 13.2 Å². The van der Waals surface area contributed by atoms with Gasteiger partial charge in [-0.3, -0.25) is 9.80 Å². The topological polar surface area (TPSA) is 41.7 Å². The molecule has 2 N–H and O–H groups in total. The zero-order valence-electron chi connectivity index (χ0n) is 10.6. The van der Waals surface area contributed by atoms with Crippen molar-refractivity contribution in [3.8, 4) is 0 Å². The van der Waals surface area contributed by atoms with Crippen molar-refractivity contribution < 1.29 is 4.74 Å². The van der Waals surface area contributed by atoms with Crippen LogP contribution in [0.25, 0.3) is 0 Å². The van der Waals surface area contributed by atoms with E-state index in [2.05, 4.69) is 23.6 Å². The van der Waals surface area contributed by atoms with Crippen LogP contribution >= 0.6 is 0 Å². The minimum Gasteiger partial charge on any atom is -0.378 e. The maximum atomic E-state index is 6.06. The molecule has 0 aromatic rings. The number of hydrogen-bond donors (Lipinski definition) is 1. The number of ether oxygens (including phenoxy) is 1. The fourth-order valence-corrected chi connectivity index (χ4v) is 3.03. The second kappa shape index (κ2) is 5.45. The Morgan fingerprint density at radius 1 is 1.38 bits per heavy atom. The van der Waals surface area contributed by atoms with Crippen LogP contribution in [0.15, 0.2) is 0 Å². The summed E-state index contributed by atoms with van der Waals surface area (Å²) in [5.41, 5.74) is 6.06. The predicted molar refractivity (Wildman–Crippen MR) is 65.5 cm³/mol. The van der Waals surface area contributed by atoms with Crippen molar-refractivity contribution >= 4 is 0 Å². The van der Waals surface area contributed by atoms with Gasteiger partial charge in [-0.2, -0.15) is 0 Å². The first-order chi connectivity index (χ1) is 7.72. The molecule has 2 saturated heterocycles. The van der Waals surface area contributed by atoms with Gasteiger partial charge in [0.2, 0.25) is 0 Å². The van der Waals surface area contributed by atoms with E-state index in [1.165, 1.54) is 6.54 Å². The number of rotatable bonds is 3. The van der Waals surface area contributed by atoms with Crippen LogP contribution in [0.2, 0.25) is 0 Å². The highest BCUT2D eigenvalue weighted by Gasteiger charge is 2.32. The molecule has 2 aliphatic heterocycles. The lowest BCUT2D eigenvalue weighted by atomic mass is 10.0. The molecule has 4 heteroatoms. The molecule has 3 atom stereocenters. The van der Waals surface area contributed by atoms with E-state index in [9.17, 15) is 0 Å². The van der Waals surface area contributed by atoms with E-state index < -0.39 is 0 Å². The number of hydrogen-bond acceptors (Lipinski definition) is 4. The van der Waals surface area contributed by atoms with Crippen LogP contribution in [0.1, 0.15) is 20.3 Å². The Bertz CT molecular complexity index is 222. The first-order valence-electron chi connectivity index (χ1n) is 6.53. The van der Waals surface area contributed by atoms with Gasteiger partial charge in [0.15, 0.2) is 0 Å². The zero-order valence-corrected chi connectivity index (χ0v) is 10.6. The van der Waals surface area contributed by atoms with Crippen LogP contribution in [0.3, 0.4) is 0 Å². The van der Waals surface area contributed by atoms with E-state index in [4.69, 9.17) is 10.5 Å². The summed E-state index contributed by atoms with van der Waals surface area (Å²) in [6, 6.07) is 1.39. The van der Waals surface area contributed by atoms with Crippen LogP contribution < -0.4 is 5.73 Å². The summed E-state index contributed by atoms with van der Waals surface area (Å²) in [7, 11) is 0. The van der Waals surface area contributed by atoms with Crippen LogP contribution in [0.5, 0.6) is 0 Å². The lowest BCUT2D eigenvalue weighted by molar-refractivity contribution is -0.0549. The highest BCUT2D eigenvalue weighted by atomic mass is 16.5. The molecule has 2 aliphatic rings. The van der Waals surface area contributed by atoms with Gasteiger partial charge in [-0.05, 0) is 13.3 Å². The minimum atomic E-state index is 0.265. The molecule has 0 aliphatic carbocycles. The molecule has 0 aromatic carbocycles. The van der Waals surface area contributed by atoms with Gasteiger partial charge in [0.1, 0.15) is 0 Å². The van der Waals surface area contributed by atoms with Gasteiger partial charge < -0.3 is 10.5 Å². The molecule has 0 aromatic heterocycles.